The molecule has 1 saturated carbocycles. The number of nitrogens with zero attached hydrogens (tertiary/aromatic N) is 1. The number of fused-ring (bicyclic) bond motifs is 1. The Morgan fingerprint density at radius 1 is 1.50 bits per heavy atom. The van der Waals surface area contributed by atoms with Crippen molar-refractivity contribution in [1.82, 2.24) is 4.31 Å². The maximum absolute atomic E-state index is 13.0. The molecule has 3 nitrogen and oxygen atoms in total. The fourth-order valence-electron chi connectivity index (χ4n) is 2.39. The summed E-state index contributed by atoms with van der Waals surface area (Å²) in [6.07, 6.45) is 2.22. The third kappa shape index (κ3) is 2.74. The highest BCUT2D eigenvalue weighted by Crippen LogP contribution is 2.51. The lowest BCUT2D eigenvalue weighted by molar-refractivity contribution is -0.110. The number of halogens is 1. The topological polar surface area (TPSA) is 46.3 Å². The van der Waals surface area contributed by atoms with Gasteiger partial charge in [0.25, 0.3) is 0 Å². The predicted octanol–water partition coefficient (Wildman–Crippen LogP) is 1.93. The quantitative estimate of drug-likeness (QED) is 0.672. The number of piperidine rings is 1. The van der Waals surface area contributed by atoms with Gasteiger partial charge in [0.15, 0.2) is 0 Å². The zero-order valence-electron chi connectivity index (χ0n) is 10.3. The average molecular weight is 268 g/mol. The van der Waals surface area contributed by atoms with Gasteiger partial charge in [-0.3, -0.25) is 0 Å². The van der Waals surface area contributed by atoms with E-state index in [1.807, 2.05) is 6.07 Å². The Morgan fingerprint density at radius 2 is 2.28 bits per heavy atom. The second kappa shape index (κ2) is 5.82. The number of aldehydes is 1. The van der Waals surface area contributed by atoms with Crippen molar-refractivity contribution in [2.75, 3.05) is 13.6 Å². The number of benzene rings is 1. The van der Waals surface area contributed by atoms with Crippen LogP contribution in [-0.4, -0.2) is 30.2 Å². The molecule has 1 aromatic carbocycles. The van der Waals surface area contributed by atoms with Crippen molar-refractivity contribution in [2.45, 2.75) is 17.4 Å². The van der Waals surface area contributed by atoms with Crippen LogP contribution in [0.1, 0.15) is 6.42 Å². The highest BCUT2D eigenvalue weighted by Gasteiger charge is 2.52. The van der Waals surface area contributed by atoms with Crippen LogP contribution in [0.5, 0.6) is 0 Å². The molecule has 2 aliphatic rings. The first-order chi connectivity index (χ1) is 8.78. The Morgan fingerprint density at radius 3 is 2.94 bits per heavy atom. The molecule has 0 spiro atoms. The molecule has 0 bridgehead atoms. The van der Waals surface area contributed by atoms with Crippen molar-refractivity contribution in [1.29, 1.82) is 0 Å². The van der Waals surface area contributed by atoms with Crippen molar-refractivity contribution in [2.24, 2.45) is 17.6 Å². The van der Waals surface area contributed by atoms with Gasteiger partial charge in [0.2, 0.25) is 0 Å². The Hall–Kier alpha value is -0.910. The maximum Gasteiger partial charge on any atom is 0.138 e. The maximum atomic E-state index is 13.0. The van der Waals surface area contributed by atoms with Crippen molar-refractivity contribution in [3.05, 3.63) is 30.1 Å². The summed E-state index contributed by atoms with van der Waals surface area (Å²) in [6.45, 7) is 0.954. The smallest absolute Gasteiger partial charge is 0.138 e. The summed E-state index contributed by atoms with van der Waals surface area (Å²) in [4.78, 5) is 11.9. The predicted molar refractivity (Wildman–Crippen MR) is 70.5 cm³/mol. The van der Waals surface area contributed by atoms with Crippen molar-refractivity contribution in [3.63, 3.8) is 0 Å². The molecule has 0 amide bonds. The van der Waals surface area contributed by atoms with E-state index in [4.69, 9.17) is 0 Å². The summed E-state index contributed by atoms with van der Waals surface area (Å²) >= 11 is 1.49. The van der Waals surface area contributed by atoms with Crippen LogP contribution in [-0.2, 0) is 4.79 Å². The van der Waals surface area contributed by atoms with E-state index < -0.39 is 0 Å². The number of rotatable bonds is 3. The van der Waals surface area contributed by atoms with Crippen molar-refractivity contribution < 1.29 is 9.18 Å². The molecule has 1 aliphatic heterocycles. The van der Waals surface area contributed by atoms with E-state index in [0.717, 1.165) is 17.7 Å². The number of carbonyl (C=O) groups is 1. The minimum atomic E-state index is -0.225. The molecule has 2 N–H and O–H groups in total. The molecule has 0 aromatic heterocycles. The van der Waals surface area contributed by atoms with Gasteiger partial charge in [-0.25, -0.2) is 8.70 Å². The summed E-state index contributed by atoms with van der Waals surface area (Å²) in [5, 5.41) is 0. The van der Waals surface area contributed by atoms with E-state index >= 15 is 0 Å². The van der Waals surface area contributed by atoms with Crippen LogP contribution in [0.4, 0.5) is 4.39 Å². The molecule has 2 fully saturated rings. The molecule has 98 valence electrons. The second-order valence-electron chi connectivity index (χ2n) is 4.43. The first-order valence-corrected chi connectivity index (χ1v) is 6.78. The Labute approximate surface area is 111 Å². The molecule has 3 rings (SSSR count). The molecular weight excluding hydrogens is 251 g/mol. The molecule has 0 radical (unpaired) electrons. The molecular formula is C13H17FN2OS. The van der Waals surface area contributed by atoms with E-state index in [1.165, 1.54) is 37.5 Å². The van der Waals surface area contributed by atoms with E-state index in [9.17, 15) is 9.18 Å². The number of nitrogens with two attached hydrogens (primary N) is 1. The van der Waals surface area contributed by atoms with E-state index in [2.05, 4.69) is 10.0 Å². The van der Waals surface area contributed by atoms with E-state index in [-0.39, 0.29) is 11.9 Å². The largest absolute Gasteiger partial charge is 0.333 e. The molecule has 3 atom stereocenters. The second-order valence-corrected chi connectivity index (χ2v) is 5.56. The highest BCUT2D eigenvalue weighted by atomic mass is 32.2. The molecule has 1 aromatic rings. The van der Waals surface area contributed by atoms with Crippen LogP contribution in [0.3, 0.4) is 0 Å². The van der Waals surface area contributed by atoms with Crippen molar-refractivity contribution >= 4 is 18.2 Å². The monoisotopic (exact) mass is 268 g/mol. The fourth-order valence-corrected chi connectivity index (χ4v) is 3.56. The Kier molecular flexibility index (Phi) is 4.37. The van der Waals surface area contributed by atoms with Crippen LogP contribution in [0.25, 0.3) is 0 Å². The summed E-state index contributed by atoms with van der Waals surface area (Å²) in [7, 11) is 1.50. The van der Waals surface area contributed by atoms with Crippen LogP contribution >= 0.6 is 11.9 Å². The normalized spacial score (nSPS) is 29.2. The summed E-state index contributed by atoms with van der Waals surface area (Å²) in [6, 6.07) is 6.54. The Bertz CT molecular complexity index is 429. The summed E-state index contributed by atoms with van der Waals surface area (Å²) < 4.78 is 15.1. The number of carbonyl (C=O) groups excluding carboxylic acids is 1. The highest BCUT2D eigenvalue weighted by molar-refractivity contribution is 7.97. The van der Waals surface area contributed by atoms with Crippen LogP contribution in [0, 0.1) is 17.7 Å². The minimum absolute atomic E-state index is 0.0262. The SMILES string of the molecule is CN.O=CC1C2CC2CN1Sc1cccc(F)c1. The molecule has 5 heteroatoms. The summed E-state index contributed by atoms with van der Waals surface area (Å²) in [5.41, 5.74) is 4.50. The zero-order chi connectivity index (χ0) is 13.1. The standard InChI is InChI=1S/C12H12FNOS.CH5N/c13-9-2-1-3-10(5-9)16-14-6-8-4-11(8)12(14)7-15;1-2/h1-3,5,7-8,11-12H,4,6H2;2H2,1H3. The molecule has 1 saturated heterocycles. The van der Waals surface area contributed by atoms with Gasteiger partial charge in [-0.15, -0.1) is 0 Å². The van der Waals surface area contributed by atoms with Gasteiger partial charge in [-0.2, -0.15) is 0 Å². The van der Waals surface area contributed by atoms with Crippen LogP contribution < -0.4 is 5.73 Å². The van der Waals surface area contributed by atoms with Crippen molar-refractivity contribution in [3.8, 4) is 0 Å². The van der Waals surface area contributed by atoms with Gasteiger partial charge < -0.3 is 10.5 Å². The van der Waals surface area contributed by atoms with Crippen LogP contribution in [0.2, 0.25) is 0 Å². The first kappa shape index (κ1) is 13.5. The third-order valence-electron chi connectivity index (χ3n) is 3.32. The van der Waals surface area contributed by atoms with E-state index in [0.29, 0.717) is 11.8 Å². The van der Waals surface area contributed by atoms with Crippen LogP contribution in [0.15, 0.2) is 29.2 Å². The first-order valence-electron chi connectivity index (χ1n) is 6.01. The lowest BCUT2D eigenvalue weighted by Gasteiger charge is -2.21. The lowest BCUT2D eigenvalue weighted by atomic mass is 10.2. The molecule has 1 aliphatic carbocycles. The third-order valence-corrected chi connectivity index (χ3v) is 4.41. The Balaban J connectivity index is 0.000000574. The average Bonchev–Trinajstić information content (AvgIpc) is 3.05. The van der Waals surface area contributed by atoms with Gasteiger partial charge in [0, 0.05) is 11.4 Å². The summed E-state index contributed by atoms with van der Waals surface area (Å²) in [5.74, 6) is 1.02. The van der Waals surface area contributed by atoms with Gasteiger partial charge >= 0.3 is 0 Å². The number of hydrogen-bond acceptors (Lipinski definition) is 4. The fraction of sp³-hybridized carbons (Fsp3) is 0.462. The van der Waals surface area contributed by atoms with Gasteiger partial charge in [-0.1, -0.05) is 6.07 Å². The van der Waals surface area contributed by atoms with Gasteiger partial charge in [0.1, 0.15) is 12.1 Å². The minimum Gasteiger partial charge on any atom is -0.333 e. The van der Waals surface area contributed by atoms with E-state index in [1.54, 1.807) is 6.07 Å². The molecule has 1 heterocycles. The molecule has 18 heavy (non-hydrogen) atoms. The van der Waals surface area contributed by atoms with Gasteiger partial charge in [-0.05, 0) is 55.5 Å². The zero-order valence-corrected chi connectivity index (χ0v) is 11.1. The number of hydrogen-bond donors (Lipinski definition) is 1. The van der Waals surface area contributed by atoms with Gasteiger partial charge in [0.05, 0.1) is 6.04 Å². The molecule has 3 unspecified atom stereocenters. The lowest BCUT2D eigenvalue weighted by Crippen LogP contribution is -2.28.